The van der Waals surface area contributed by atoms with Crippen molar-refractivity contribution in [3.8, 4) is 5.75 Å². The van der Waals surface area contributed by atoms with Crippen molar-refractivity contribution < 1.29 is 9.53 Å². The van der Waals surface area contributed by atoms with E-state index in [-0.39, 0.29) is 5.92 Å². The van der Waals surface area contributed by atoms with Crippen LogP contribution >= 0.6 is 0 Å². The molecule has 0 radical (unpaired) electrons. The Morgan fingerprint density at radius 3 is 2.95 bits per heavy atom. The van der Waals surface area contributed by atoms with Crippen LogP contribution in [0, 0.1) is 11.8 Å². The Morgan fingerprint density at radius 2 is 2.21 bits per heavy atom. The molecule has 2 atom stereocenters. The number of para-hydroxylation sites is 1. The van der Waals surface area contributed by atoms with Crippen LogP contribution in [0.5, 0.6) is 5.75 Å². The molecule has 1 N–H and O–H groups in total. The lowest BCUT2D eigenvalue weighted by Gasteiger charge is -2.33. The fraction of sp³-hybridized carbons (Fsp3) is 0.562. The van der Waals surface area contributed by atoms with Gasteiger partial charge in [0.15, 0.2) is 0 Å². The summed E-state index contributed by atoms with van der Waals surface area (Å²) in [6, 6.07) is 8.13. The Hall–Kier alpha value is -1.35. The molecule has 1 fully saturated rings. The molecule has 2 unspecified atom stereocenters. The molecule has 3 nitrogen and oxygen atoms in total. The van der Waals surface area contributed by atoms with Gasteiger partial charge >= 0.3 is 0 Å². The second kappa shape index (κ2) is 5.33. The number of carbonyl (C=O) groups is 1. The molecule has 102 valence electrons. The summed E-state index contributed by atoms with van der Waals surface area (Å²) in [6.07, 6.45) is 1.62. The first kappa shape index (κ1) is 12.7. The van der Waals surface area contributed by atoms with Crippen LogP contribution in [0.15, 0.2) is 24.3 Å². The third-order valence-electron chi connectivity index (χ3n) is 4.56. The van der Waals surface area contributed by atoms with Gasteiger partial charge in [0.2, 0.25) is 0 Å². The first-order valence-electron chi connectivity index (χ1n) is 7.21. The molecule has 0 amide bonds. The number of Topliss-reactive ketones (excluding diaryl/α,β-unsaturated/α-hetero) is 1. The standard InChI is InChI=1S/C16H21NO2/c1-11(13-9-17-10-13)15(18)8-12-6-7-19-16-5-3-2-4-14(12)16/h2-5,11-13,17H,6-10H2,1H3. The Bertz CT molecular complexity index is 468. The minimum atomic E-state index is 0.191. The van der Waals surface area contributed by atoms with E-state index in [0.29, 0.717) is 24.0 Å². The third kappa shape index (κ3) is 2.52. The van der Waals surface area contributed by atoms with Gasteiger partial charge in [-0.25, -0.2) is 0 Å². The van der Waals surface area contributed by atoms with Crippen molar-refractivity contribution in [2.24, 2.45) is 11.8 Å². The molecule has 0 spiro atoms. The minimum Gasteiger partial charge on any atom is -0.493 e. The van der Waals surface area contributed by atoms with Crippen LogP contribution in [0.1, 0.15) is 31.2 Å². The van der Waals surface area contributed by atoms with E-state index in [9.17, 15) is 4.79 Å². The Labute approximate surface area is 114 Å². The average molecular weight is 259 g/mol. The van der Waals surface area contributed by atoms with Crippen molar-refractivity contribution >= 4 is 5.78 Å². The van der Waals surface area contributed by atoms with Crippen LogP contribution in [0.2, 0.25) is 0 Å². The fourth-order valence-electron chi connectivity index (χ4n) is 2.98. The molecule has 1 saturated heterocycles. The molecule has 0 aromatic heterocycles. The summed E-state index contributed by atoms with van der Waals surface area (Å²) < 4.78 is 5.65. The normalized spacial score (nSPS) is 23.9. The van der Waals surface area contributed by atoms with Crippen LogP contribution in [-0.2, 0) is 4.79 Å². The van der Waals surface area contributed by atoms with Crippen LogP contribution in [0.3, 0.4) is 0 Å². The van der Waals surface area contributed by atoms with E-state index >= 15 is 0 Å². The highest BCUT2D eigenvalue weighted by molar-refractivity contribution is 5.82. The summed E-state index contributed by atoms with van der Waals surface area (Å²) in [4.78, 5) is 12.4. The number of ketones is 1. The van der Waals surface area contributed by atoms with E-state index in [0.717, 1.165) is 31.9 Å². The van der Waals surface area contributed by atoms with Gasteiger partial charge in [-0.05, 0) is 43.0 Å². The fourth-order valence-corrected chi connectivity index (χ4v) is 2.98. The molecule has 1 aromatic carbocycles. The SMILES string of the molecule is CC(C(=O)CC1CCOc2ccccc21)C1CNC1. The highest BCUT2D eigenvalue weighted by Crippen LogP contribution is 2.36. The second-order valence-corrected chi connectivity index (χ2v) is 5.75. The summed E-state index contributed by atoms with van der Waals surface area (Å²) in [5.41, 5.74) is 1.21. The van der Waals surface area contributed by atoms with Crippen molar-refractivity contribution in [3.63, 3.8) is 0 Å². The van der Waals surface area contributed by atoms with Gasteiger partial charge in [-0.1, -0.05) is 25.1 Å². The summed E-state index contributed by atoms with van der Waals surface area (Å²) in [6.45, 7) is 4.81. The topological polar surface area (TPSA) is 38.3 Å². The van der Waals surface area contributed by atoms with Gasteiger partial charge in [0.25, 0.3) is 0 Å². The van der Waals surface area contributed by atoms with Crippen molar-refractivity contribution in [2.75, 3.05) is 19.7 Å². The molecule has 2 aliphatic heterocycles. The lowest BCUT2D eigenvalue weighted by Crippen LogP contribution is -2.47. The van der Waals surface area contributed by atoms with E-state index in [1.807, 2.05) is 18.2 Å². The highest BCUT2D eigenvalue weighted by atomic mass is 16.5. The average Bonchev–Trinajstić information content (AvgIpc) is 2.37. The maximum Gasteiger partial charge on any atom is 0.136 e. The molecule has 2 aliphatic rings. The second-order valence-electron chi connectivity index (χ2n) is 5.75. The number of hydrogen-bond donors (Lipinski definition) is 1. The summed E-state index contributed by atoms with van der Waals surface area (Å²) in [7, 11) is 0. The van der Waals surface area contributed by atoms with Crippen molar-refractivity contribution in [3.05, 3.63) is 29.8 Å². The zero-order valence-electron chi connectivity index (χ0n) is 11.4. The maximum atomic E-state index is 12.4. The predicted octanol–water partition coefficient (Wildman–Crippen LogP) is 2.37. The number of benzene rings is 1. The molecule has 0 aliphatic carbocycles. The number of fused-ring (bicyclic) bond motifs is 1. The quantitative estimate of drug-likeness (QED) is 0.902. The lowest BCUT2D eigenvalue weighted by atomic mass is 9.80. The summed E-state index contributed by atoms with van der Waals surface area (Å²) in [5.74, 6) is 2.45. The van der Waals surface area contributed by atoms with E-state index in [1.165, 1.54) is 5.56 Å². The first-order valence-corrected chi connectivity index (χ1v) is 7.21. The van der Waals surface area contributed by atoms with E-state index in [4.69, 9.17) is 4.74 Å². The Balaban J connectivity index is 1.68. The number of carbonyl (C=O) groups excluding carboxylic acids is 1. The minimum absolute atomic E-state index is 0.191. The number of ether oxygens (including phenoxy) is 1. The molecule has 3 rings (SSSR count). The van der Waals surface area contributed by atoms with E-state index in [1.54, 1.807) is 0 Å². The molecular formula is C16H21NO2. The van der Waals surface area contributed by atoms with Crippen molar-refractivity contribution in [1.82, 2.24) is 5.32 Å². The molecule has 0 saturated carbocycles. The maximum absolute atomic E-state index is 12.4. The van der Waals surface area contributed by atoms with Crippen LogP contribution in [-0.4, -0.2) is 25.5 Å². The van der Waals surface area contributed by atoms with Crippen LogP contribution < -0.4 is 10.1 Å². The van der Waals surface area contributed by atoms with Crippen molar-refractivity contribution in [1.29, 1.82) is 0 Å². The smallest absolute Gasteiger partial charge is 0.136 e. The van der Waals surface area contributed by atoms with Gasteiger partial charge < -0.3 is 10.1 Å². The zero-order chi connectivity index (χ0) is 13.2. The largest absolute Gasteiger partial charge is 0.493 e. The van der Waals surface area contributed by atoms with Gasteiger partial charge in [-0.15, -0.1) is 0 Å². The highest BCUT2D eigenvalue weighted by Gasteiger charge is 2.31. The van der Waals surface area contributed by atoms with Gasteiger partial charge in [-0.3, -0.25) is 4.79 Å². The molecule has 3 heteroatoms. The molecule has 1 aromatic rings. The number of hydrogen-bond acceptors (Lipinski definition) is 3. The van der Waals surface area contributed by atoms with Gasteiger partial charge in [0.1, 0.15) is 11.5 Å². The van der Waals surface area contributed by atoms with E-state index < -0.39 is 0 Å². The monoisotopic (exact) mass is 259 g/mol. The molecular weight excluding hydrogens is 238 g/mol. The van der Waals surface area contributed by atoms with Crippen LogP contribution in [0.4, 0.5) is 0 Å². The predicted molar refractivity (Wildman–Crippen MR) is 74.4 cm³/mol. The third-order valence-corrected chi connectivity index (χ3v) is 4.56. The molecule has 0 bridgehead atoms. The van der Waals surface area contributed by atoms with Gasteiger partial charge in [0.05, 0.1) is 6.61 Å². The Kier molecular flexibility index (Phi) is 3.56. The first-order chi connectivity index (χ1) is 9.25. The van der Waals surface area contributed by atoms with Crippen LogP contribution in [0.25, 0.3) is 0 Å². The molecule has 19 heavy (non-hydrogen) atoms. The van der Waals surface area contributed by atoms with E-state index in [2.05, 4.69) is 18.3 Å². The lowest BCUT2D eigenvalue weighted by molar-refractivity contribution is -0.125. The Morgan fingerprint density at radius 1 is 1.42 bits per heavy atom. The van der Waals surface area contributed by atoms with Crippen molar-refractivity contribution in [2.45, 2.75) is 25.7 Å². The number of rotatable bonds is 4. The van der Waals surface area contributed by atoms with Gasteiger partial charge in [-0.2, -0.15) is 0 Å². The summed E-state index contributed by atoms with van der Waals surface area (Å²) in [5, 5.41) is 3.24. The molecule has 2 heterocycles. The number of nitrogens with one attached hydrogen (secondary N) is 1. The van der Waals surface area contributed by atoms with Gasteiger partial charge in [0, 0.05) is 12.3 Å². The summed E-state index contributed by atoms with van der Waals surface area (Å²) >= 11 is 0. The zero-order valence-corrected chi connectivity index (χ0v) is 11.4.